The standard InChI is InChI=1S/C16H22Cl2N2/c17-15-7-4-12(9-16(15)18)10-20(14-5-6-14)11-13-3-1-2-8-19-13/h4,7,9,13-14,19H,1-3,5-6,8,10-11H2. The van der Waals surface area contributed by atoms with Crippen LogP contribution in [0.4, 0.5) is 0 Å². The van der Waals surface area contributed by atoms with Crippen LogP contribution in [0.2, 0.25) is 10.0 Å². The number of halogens is 2. The highest BCUT2D eigenvalue weighted by atomic mass is 35.5. The van der Waals surface area contributed by atoms with Crippen LogP contribution in [-0.2, 0) is 6.54 Å². The fourth-order valence-corrected chi connectivity index (χ4v) is 3.34. The third kappa shape index (κ3) is 3.88. The summed E-state index contributed by atoms with van der Waals surface area (Å²) in [7, 11) is 0. The molecule has 1 aliphatic carbocycles. The second-order valence-electron chi connectivity index (χ2n) is 6.06. The third-order valence-corrected chi connectivity index (χ3v) is 5.04. The smallest absolute Gasteiger partial charge is 0.0595 e. The molecule has 20 heavy (non-hydrogen) atoms. The van der Waals surface area contributed by atoms with Crippen molar-refractivity contribution in [3.8, 4) is 0 Å². The fraction of sp³-hybridized carbons (Fsp3) is 0.625. The second kappa shape index (κ2) is 6.65. The van der Waals surface area contributed by atoms with E-state index in [4.69, 9.17) is 23.2 Å². The molecule has 2 fully saturated rings. The highest BCUT2D eigenvalue weighted by molar-refractivity contribution is 6.42. The molecule has 0 spiro atoms. The zero-order chi connectivity index (χ0) is 13.9. The lowest BCUT2D eigenvalue weighted by Gasteiger charge is -2.30. The van der Waals surface area contributed by atoms with Gasteiger partial charge in [-0.2, -0.15) is 0 Å². The lowest BCUT2D eigenvalue weighted by molar-refractivity contribution is 0.208. The van der Waals surface area contributed by atoms with Gasteiger partial charge < -0.3 is 5.32 Å². The Morgan fingerprint density at radius 2 is 1.95 bits per heavy atom. The van der Waals surface area contributed by atoms with Gasteiger partial charge >= 0.3 is 0 Å². The molecular weight excluding hydrogens is 291 g/mol. The Morgan fingerprint density at radius 3 is 2.60 bits per heavy atom. The summed E-state index contributed by atoms with van der Waals surface area (Å²) in [5, 5.41) is 4.95. The maximum Gasteiger partial charge on any atom is 0.0595 e. The van der Waals surface area contributed by atoms with Crippen LogP contribution in [0.3, 0.4) is 0 Å². The average molecular weight is 313 g/mol. The maximum atomic E-state index is 6.12. The lowest BCUT2D eigenvalue weighted by atomic mass is 10.0. The van der Waals surface area contributed by atoms with Gasteiger partial charge in [0, 0.05) is 25.2 Å². The van der Waals surface area contributed by atoms with Gasteiger partial charge in [-0.3, -0.25) is 4.90 Å². The van der Waals surface area contributed by atoms with Crippen molar-refractivity contribution in [3.05, 3.63) is 33.8 Å². The minimum Gasteiger partial charge on any atom is -0.313 e. The highest BCUT2D eigenvalue weighted by Crippen LogP contribution is 2.30. The Hall–Kier alpha value is -0.280. The van der Waals surface area contributed by atoms with Gasteiger partial charge in [-0.25, -0.2) is 0 Å². The number of nitrogens with one attached hydrogen (secondary N) is 1. The first-order valence-corrected chi connectivity index (χ1v) is 8.39. The number of rotatable bonds is 5. The quantitative estimate of drug-likeness (QED) is 0.880. The van der Waals surface area contributed by atoms with Crippen LogP contribution in [-0.4, -0.2) is 30.1 Å². The molecule has 0 aromatic heterocycles. The zero-order valence-electron chi connectivity index (χ0n) is 11.7. The van der Waals surface area contributed by atoms with Crippen molar-refractivity contribution in [2.24, 2.45) is 0 Å². The number of piperidine rings is 1. The predicted molar refractivity (Wildman–Crippen MR) is 85.5 cm³/mol. The molecule has 2 nitrogen and oxygen atoms in total. The minimum atomic E-state index is 0.641. The maximum absolute atomic E-state index is 6.12. The molecule has 1 aromatic carbocycles. The van der Waals surface area contributed by atoms with Crippen LogP contribution >= 0.6 is 23.2 Å². The summed E-state index contributed by atoms with van der Waals surface area (Å²) < 4.78 is 0. The van der Waals surface area contributed by atoms with E-state index >= 15 is 0 Å². The van der Waals surface area contributed by atoms with E-state index in [9.17, 15) is 0 Å². The Bertz CT molecular complexity index is 454. The van der Waals surface area contributed by atoms with Gasteiger partial charge in [0.15, 0.2) is 0 Å². The van der Waals surface area contributed by atoms with Gasteiger partial charge in [-0.05, 0) is 49.9 Å². The van der Waals surface area contributed by atoms with Crippen LogP contribution in [0, 0.1) is 0 Å². The molecule has 0 radical (unpaired) electrons. The molecule has 110 valence electrons. The molecule has 1 atom stereocenters. The molecule has 1 aromatic rings. The van der Waals surface area contributed by atoms with Crippen molar-refractivity contribution in [2.45, 2.75) is 50.7 Å². The molecule has 0 amide bonds. The molecule has 1 unspecified atom stereocenters. The van der Waals surface area contributed by atoms with Crippen molar-refractivity contribution in [3.63, 3.8) is 0 Å². The van der Waals surface area contributed by atoms with Gasteiger partial charge in [0.05, 0.1) is 10.0 Å². The first-order valence-electron chi connectivity index (χ1n) is 7.64. The van der Waals surface area contributed by atoms with E-state index in [1.807, 2.05) is 12.1 Å². The molecular formula is C16H22Cl2N2. The first kappa shape index (κ1) is 14.6. The number of nitrogens with zero attached hydrogens (tertiary/aromatic N) is 1. The molecule has 2 aliphatic rings. The topological polar surface area (TPSA) is 15.3 Å². The molecule has 1 heterocycles. The van der Waals surface area contributed by atoms with E-state index in [1.54, 1.807) is 0 Å². The fourth-order valence-electron chi connectivity index (χ4n) is 3.02. The Kier molecular flexibility index (Phi) is 4.87. The van der Waals surface area contributed by atoms with Crippen molar-refractivity contribution >= 4 is 23.2 Å². The van der Waals surface area contributed by atoms with Crippen LogP contribution in [0.1, 0.15) is 37.7 Å². The number of hydrogen-bond donors (Lipinski definition) is 1. The Balaban J connectivity index is 1.62. The van der Waals surface area contributed by atoms with Gasteiger partial charge in [-0.1, -0.05) is 35.7 Å². The monoisotopic (exact) mass is 312 g/mol. The molecule has 0 bridgehead atoms. The van der Waals surface area contributed by atoms with E-state index in [-0.39, 0.29) is 0 Å². The van der Waals surface area contributed by atoms with Crippen LogP contribution in [0.25, 0.3) is 0 Å². The van der Waals surface area contributed by atoms with E-state index in [0.29, 0.717) is 16.1 Å². The first-order chi connectivity index (χ1) is 9.72. The van der Waals surface area contributed by atoms with Gasteiger partial charge in [0.1, 0.15) is 0 Å². The number of hydrogen-bond acceptors (Lipinski definition) is 2. The summed E-state index contributed by atoms with van der Waals surface area (Å²) in [5.74, 6) is 0. The van der Waals surface area contributed by atoms with Crippen LogP contribution in [0.15, 0.2) is 18.2 Å². The summed E-state index contributed by atoms with van der Waals surface area (Å²) in [6.07, 6.45) is 6.68. The van der Waals surface area contributed by atoms with Crippen molar-refractivity contribution in [2.75, 3.05) is 13.1 Å². The minimum absolute atomic E-state index is 0.641. The molecule has 1 saturated carbocycles. The normalized spacial score (nSPS) is 23.2. The molecule has 1 saturated heterocycles. The van der Waals surface area contributed by atoms with E-state index in [0.717, 1.165) is 19.1 Å². The summed E-state index contributed by atoms with van der Waals surface area (Å²) in [6, 6.07) is 7.44. The molecule has 4 heteroatoms. The Labute approximate surface area is 131 Å². The van der Waals surface area contributed by atoms with E-state index in [2.05, 4.69) is 16.3 Å². The average Bonchev–Trinajstić information content (AvgIpc) is 3.28. The van der Waals surface area contributed by atoms with Crippen LogP contribution in [0.5, 0.6) is 0 Å². The summed E-state index contributed by atoms with van der Waals surface area (Å²) >= 11 is 12.1. The van der Waals surface area contributed by atoms with Crippen molar-refractivity contribution in [1.29, 1.82) is 0 Å². The second-order valence-corrected chi connectivity index (χ2v) is 6.87. The van der Waals surface area contributed by atoms with E-state index in [1.165, 1.54) is 44.2 Å². The SMILES string of the molecule is Clc1ccc(CN(CC2CCCCN2)C2CC2)cc1Cl. The number of benzene rings is 1. The Morgan fingerprint density at radius 1 is 1.10 bits per heavy atom. The molecule has 3 rings (SSSR count). The highest BCUT2D eigenvalue weighted by Gasteiger charge is 2.30. The van der Waals surface area contributed by atoms with Crippen LogP contribution < -0.4 is 5.32 Å². The molecule has 1 N–H and O–H groups in total. The summed E-state index contributed by atoms with van der Waals surface area (Å²) in [6.45, 7) is 3.32. The summed E-state index contributed by atoms with van der Waals surface area (Å²) in [4.78, 5) is 2.61. The predicted octanol–water partition coefficient (Wildman–Crippen LogP) is 4.10. The van der Waals surface area contributed by atoms with Crippen molar-refractivity contribution in [1.82, 2.24) is 10.2 Å². The van der Waals surface area contributed by atoms with Gasteiger partial charge in [0.2, 0.25) is 0 Å². The van der Waals surface area contributed by atoms with Crippen molar-refractivity contribution < 1.29 is 0 Å². The largest absolute Gasteiger partial charge is 0.313 e. The lowest BCUT2D eigenvalue weighted by Crippen LogP contribution is -2.44. The third-order valence-electron chi connectivity index (χ3n) is 4.30. The van der Waals surface area contributed by atoms with Gasteiger partial charge in [0.25, 0.3) is 0 Å². The van der Waals surface area contributed by atoms with Gasteiger partial charge in [-0.15, -0.1) is 0 Å². The zero-order valence-corrected chi connectivity index (χ0v) is 13.3. The van der Waals surface area contributed by atoms with E-state index < -0.39 is 0 Å². The summed E-state index contributed by atoms with van der Waals surface area (Å²) in [5.41, 5.74) is 1.27. The molecule has 1 aliphatic heterocycles.